The zero-order chi connectivity index (χ0) is 25.9. The molecule has 1 saturated carbocycles. The number of benzene rings is 2. The second kappa shape index (κ2) is 13.9. The van der Waals surface area contributed by atoms with Gasteiger partial charge in [0.05, 0.1) is 13.2 Å². The van der Waals surface area contributed by atoms with Gasteiger partial charge in [-0.15, -0.1) is 0 Å². The van der Waals surface area contributed by atoms with E-state index in [4.69, 9.17) is 9.47 Å². The fourth-order valence-corrected chi connectivity index (χ4v) is 4.69. The lowest BCUT2D eigenvalue weighted by atomic mass is 9.95. The monoisotopic (exact) mass is 494 g/mol. The molecule has 0 aromatic heterocycles. The van der Waals surface area contributed by atoms with Gasteiger partial charge < -0.3 is 19.7 Å². The second-order valence-electron chi connectivity index (χ2n) is 9.67. The highest BCUT2D eigenvalue weighted by Crippen LogP contribution is 2.29. The molecule has 2 aromatic carbocycles. The quantitative estimate of drug-likeness (QED) is 0.418. The average molecular weight is 495 g/mol. The molecule has 0 bridgehead atoms. The number of nitrogens with zero attached hydrogens (tertiary/aromatic N) is 1. The summed E-state index contributed by atoms with van der Waals surface area (Å²) in [7, 11) is 0. The first-order valence-corrected chi connectivity index (χ1v) is 13.4. The van der Waals surface area contributed by atoms with E-state index < -0.39 is 6.04 Å². The molecular weight excluding hydrogens is 452 g/mol. The molecule has 1 aliphatic rings. The van der Waals surface area contributed by atoms with Crippen LogP contribution in [0.2, 0.25) is 0 Å². The van der Waals surface area contributed by atoms with Crippen molar-refractivity contribution in [3.05, 3.63) is 59.2 Å². The zero-order valence-electron chi connectivity index (χ0n) is 22.3. The molecule has 3 rings (SSSR count). The first-order valence-electron chi connectivity index (χ1n) is 13.4. The topological polar surface area (TPSA) is 67.9 Å². The normalized spacial score (nSPS) is 14.7. The molecule has 196 valence electrons. The average Bonchev–Trinajstić information content (AvgIpc) is 2.88. The summed E-state index contributed by atoms with van der Waals surface area (Å²) in [5, 5.41) is 3.20. The van der Waals surface area contributed by atoms with Crippen LogP contribution in [0.5, 0.6) is 11.5 Å². The molecule has 1 aliphatic carbocycles. The molecule has 1 fully saturated rings. The van der Waals surface area contributed by atoms with Crippen molar-refractivity contribution in [2.75, 3.05) is 13.2 Å². The van der Waals surface area contributed by atoms with E-state index in [1.54, 1.807) is 4.90 Å². The van der Waals surface area contributed by atoms with Gasteiger partial charge in [0, 0.05) is 19.0 Å². The van der Waals surface area contributed by atoms with Crippen LogP contribution in [0.1, 0.15) is 76.0 Å². The summed E-state index contributed by atoms with van der Waals surface area (Å²) in [6.07, 6.45) is 6.44. The lowest BCUT2D eigenvalue weighted by molar-refractivity contribution is -0.141. The molecule has 0 aliphatic heterocycles. The molecular formula is C30H42N2O4. The van der Waals surface area contributed by atoms with Gasteiger partial charge in [0.15, 0.2) is 11.5 Å². The first-order chi connectivity index (χ1) is 17.4. The van der Waals surface area contributed by atoms with Gasteiger partial charge in [-0.1, -0.05) is 55.2 Å². The van der Waals surface area contributed by atoms with Crippen molar-refractivity contribution in [3.63, 3.8) is 0 Å². The number of aryl methyl sites for hydroxylation is 2. The number of carbonyl (C=O) groups is 2. The summed E-state index contributed by atoms with van der Waals surface area (Å²) in [5.74, 6) is 1.31. The van der Waals surface area contributed by atoms with Crippen molar-refractivity contribution in [1.29, 1.82) is 0 Å². The predicted octanol–water partition coefficient (Wildman–Crippen LogP) is 5.59. The lowest BCUT2D eigenvalue weighted by Crippen LogP contribution is -2.50. The highest BCUT2D eigenvalue weighted by Gasteiger charge is 2.28. The van der Waals surface area contributed by atoms with E-state index in [-0.39, 0.29) is 17.9 Å². The van der Waals surface area contributed by atoms with E-state index in [1.807, 2.05) is 70.2 Å². The maximum absolute atomic E-state index is 13.5. The largest absolute Gasteiger partial charge is 0.490 e. The number of amides is 2. The van der Waals surface area contributed by atoms with Gasteiger partial charge in [0.1, 0.15) is 6.04 Å². The van der Waals surface area contributed by atoms with Gasteiger partial charge in [-0.25, -0.2) is 0 Å². The molecule has 0 unspecified atom stereocenters. The molecule has 0 heterocycles. The Bertz CT molecular complexity index is 983. The molecule has 1 N–H and O–H groups in total. The van der Waals surface area contributed by atoms with Crippen molar-refractivity contribution in [2.45, 2.75) is 91.3 Å². The highest BCUT2D eigenvalue weighted by atomic mass is 16.5. The molecule has 6 nitrogen and oxygen atoms in total. The summed E-state index contributed by atoms with van der Waals surface area (Å²) in [4.78, 5) is 28.4. The van der Waals surface area contributed by atoms with E-state index in [1.165, 1.54) is 12.0 Å². The van der Waals surface area contributed by atoms with Crippen molar-refractivity contribution in [2.24, 2.45) is 0 Å². The van der Waals surface area contributed by atoms with E-state index in [9.17, 15) is 9.59 Å². The number of carbonyl (C=O) groups excluding carboxylic acids is 2. The van der Waals surface area contributed by atoms with Gasteiger partial charge in [0.25, 0.3) is 0 Å². The number of ether oxygens (including phenoxy) is 2. The molecule has 2 aromatic rings. The van der Waals surface area contributed by atoms with Crippen molar-refractivity contribution in [3.8, 4) is 11.5 Å². The molecule has 0 spiro atoms. The van der Waals surface area contributed by atoms with Crippen LogP contribution < -0.4 is 14.8 Å². The number of nitrogens with one attached hydrogen (secondary N) is 1. The van der Waals surface area contributed by atoms with Crippen LogP contribution in [0.3, 0.4) is 0 Å². The maximum atomic E-state index is 13.5. The predicted molar refractivity (Wildman–Crippen MR) is 143 cm³/mol. The summed E-state index contributed by atoms with van der Waals surface area (Å²) in [6.45, 7) is 9.28. The SMILES string of the molecule is CCOc1ccc(CCC(=O)N(Cc2ccc(C)cc2)[C@@H](C)C(=O)NC2CCCCC2)cc1OCC. The number of rotatable bonds is 12. The highest BCUT2D eigenvalue weighted by molar-refractivity contribution is 5.87. The van der Waals surface area contributed by atoms with Crippen LogP contribution in [-0.2, 0) is 22.6 Å². The zero-order valence-corrected chi connectivity index (χ0v) is 22.3. The van der Waals surface area contributed by atoms with Gasteiger partial charge >= 0.3 is 0 Å². The van der Waals surface area contributed by atoms with Gasteiger partial charge in [0.2, 0.25) is 11.8 Å². The fourth-order valence-electron chi connectivity index (χ4n) is 4.69. The Kier molecular flexibility index (Phi) is 10.6. The Morgan fingerprint density at radius 1 is 0.944 bits per heavy atom. The third kappa shape index (κ3) is 8.00. The molecule has 36 heavy (non-hydrogen) atoms. The lowest BCUT2D eigenvalue weighted by Gasteiger charge is -2.31. The van der Waals surface area contributed by atoms with Gasteiger partial charge in [-0.05, 0) is 70.2 Å². The minimum absolute atomic E-state index is 0.0336. The van der Waals surface area contributed by atoms with Crippen molar-refractivity contribution >= 4 is 11.8 Å². The van der Waals surface area contributed by atoms with Gasteiger partial charge in [-0.2, -0.15) is 0 Å². The van der Waals surface area contributed by atoms with E-state index in [0.717, 1.165) is 36.8 Å². The smallest absolute Gasteiger partial charge is 0.242 e. The molecule has 6 heteroatoms. The van der Waals surface area contributed by atoms with Crippen molar-refractivity contribution < 1.29 is 19.1 Å². The summed E-state index contributed by atoms with van der Waals surface area (Å²) < 4.78 is 11.4. The summed E-state index contributed by atoms with van der Waals surface area (Å²) in [5.41, 5.74) is 3.19. The fraction of sp³-hybridized carbons (Fsp3) is 0.533. The second-order valence-corrected chi connectivity index (χ2v) is 9.67. The third-order valence-electron chi connectivity index (χ3n) is 6.83. The Hall–Kier alpha value is -3.02. The molecule has 0 saturated heterocycles. The van der Waals surface area contributed by atoms with Crippen LogP contribution in [0.15, 0.2) is 42.5 Å². The van der Waals surface area contributed by atoms with E-state index in [2.05, 4.69) is 5.32 Å². The van der Waals surface area contributed by atoms with Crippen molar-refractivity contribution in [1.82, 2.24) is 10.2 Å². The summed E-state index contributed by atoms with van der Waals surface area (Å²) in [6, 6.07) is 13.6. The molecule has 2 amide bonds. The van der Waals surface area contributed by atoms with Crippen LogP contribution in [0.4, 0.5) is 0 Å². The van der Waals surface area contributed by atoms with E-state index in [0.29, 0.717) is 44.1 Å². The Balaban J connectivity index is 1.71. The van der Waals surface area contributed by atoms with Crippen LogP contribution in [0, 0.1) is 6.92 Å². The van der Waals surface area contributed by atoms with Gasteiger partial charge in [-0.3, -0.25) is 9.59 Å². The van der Waals surface area contributed by atoms with Crippen LogP contribution in [0.25, 0.3) is 0 Å². The molecule has 0 radical (unpaired) electrons. The Morgan fingerprint density at radius 2 is 1.58 bits per heavy atom. The third-order valence-corrected chi connectivity index (χ3v) is 6.83. The minimum atomic E-state index is -0.542. The first kappa shape index (κ1) is 27.6. The van der Waals surface area contributed by atoms with E-state index >= 15 is 0 Å². The number of hydrogen-bond donors (Lipinski definition) is 1. The van der Waals surface area contributed by atoms with Crippen LogP contribution in [-0.4, -0.2) is 42.0 Å². The maximum Gasteiger partial charge on any atom is 0.242 e. The Morgan fingerprint density at radius 3 is 2.25 bits per heavy atom. The van der Waals surface area contributed by atoms with Crippen LogP contribution >= 0.6 is 0 Å². The minimum Gasteiger partial charge on any atom is -0.490 e. The molecule has 1 atom stereocenters. The Labute approximate surface area is 216 Å². The standard InChI is InChI=1S/C30H42N2O4/c1-5-35-27-18-16-24(20-28(27)36-6-2)17-19-29(33)32(21-25-14-12-22(3)13-15-25)23(4)30(34)31-26-10-8-7-9-11-26/h12-16,18,20,23,26H,5-11,17,19,21H2,1-4H3,(H,31,34)/t23-/m0/s1. The number of hydrogen-bond acceptors (Lipinski definition) is 4. The summed E-state index contributed by atoms with van der Waals surface area (Å²) >= 11 is 0.